The van der Waals surface area contributed by atoms with E-state index in [-0.39, 0.29) is 37.1 Å². The van der Waals surface area contributed by atoms with Gasteiger partial charge in [-0.3, -0.25) is 4.79 Å². The number of hydrogen-bond acceptors (Lipinski definition) is 3. The zero-order valence-electron chi connectivity index (χ0n) is 8.37. The fraction of sp³-hybridized carbons (Fsp3) is 0.667. The van der Waals surface area contributed by atoms with Gasteiger partial charge in [0.2, 0.25) is 5.91 Å². The smallest absolute Gasteiger partial charge is 0.249 e. The lowest BCUT2D eigenvalue weighted by Gasteiger charge is -2.11. The van der Waals surface area contributed by atoms with Gasteiger partial charge in [-0.2, -0.15) is 0 Å². The zero-order valence-corrected chi connectivity index (χ0v) is 9.94. The number of nitrogens with one attached hydrogen (secondary N) is 1. The van der Waals surface area contributed by atoms with Crippen molar-refractivity contribution in [3.63, 3.8) is 0 Å². The molecule has 0 aromatic rings. The first-order valence-electron chi connectivity index (χ1n) is 4.60. The van der Waals surface area contributed by atoms with Crippen molar-refractivity contribution >= 4 is 29.9 Å². The van der Waals surface area contributed by atoms with Crippen LogP contribution < -0.4 is 11.1 Å². The molecule has 0 bridgehead atoms. The second-order valence-corrected chi connectivity index (χ2v) is 3.83. The molecule has 1 heterocycles. The van der Waals surface area contributed by atoms with Crippen LogP contribution in [-0.2, 0) is 9.53 Å². The van der Waals surface area contributed by atoms with Gasteiger partial charge in [0.15, 0.2) is 0 Å². The quantitative estimate of drug-likeness (QED) is 0.780. The van der Waals surface area contributed by atoms with Gasteiger partial charge < -0.3 is 15.8 Å². The van der Waals surface area contributed by atoms with Crippen LogP contribution in [0.3, 0.4) is 0 Å². The molecule has 0 spiro atoms. The first-order chi connectivity index (χ1) is 6.63. The van der Waals surface area contributed by atoms with E-state index in [1.807, 2.05) is 0 Å². The maximum absolute atomic E-state index is 11.4. The fourth-order valence-electron chi connectivity index (χ4n) is 1.37. The molecule has 0 radical (unpaired) electrons. The normalized spacial score (nSPS) is 24.4. The first kappa shape index (κ1) is 14.7. The number of nitrogens with two attached hydrogens (primary N) is 1. The molecule has 1 rings (SSSR count). The Bertz CT molecular complexity index is 236. The van der Waals surface area contributed by atoms with Gasteiger partial charge >= 0.3 is 0 Å². The number of carbonyl (C=O) groups is 1. The maximum atomic E-state index is 11.4. The van der Waals surface area contributed by atoms with Gasteiger partial charge in [0.25, 0.3) is 0 Å². The molecule has 15 heavy (non-hydrogen) atoms. The summed E-state index contributed by atoms with van der Waals surface area (Å²) in [7, 11) is 0. The largest absolute Gasteiger partial charge is 0.364 e. The van der Waals surface area contributed by atoms with Crippen molar-refractivity contribution in [2.45, 2.75) is 25.0 Å². The minimum atomic E-state index is -0.375. The van der Waals surface area contributed by atoms with Crippen LogP contribution in [-0.4, -0.2) is 31.2 Å². The van der Waals surface area contributed by atoms with E-state index in [2.05, 4.69) is 11.9 Å². The van der Waals surface area contributed by atoms with Crippen molar-refractivity contribution in [1.29, 1.82) is 0 Å². The number of hydrogen-bond donors (Lipinski definition) is 2. The van der Waals surface area contributed by atoms with Crippen molar-refractivity contribution in [3.05, 3.63) is 11.6 Å². The highest BCUT2D eigenvalue weighted by Crippen LogP contribution is 2.18. The molecule has 1 saturated heterocycles. The Morgan fingerprint density at radius 3 is 2.73 bits per heavy atom. The summed E-state index contributed by atoms with van der Waals surface area (Å²) < 4.78 is 5.39. The molecule has 1 aliphatic heterocycles. The zero-order chi connectivity index (χ0) is 10.6. The van der Waals surface area contributed by atoms with Crippen LogP contribution in [0.1, 0.15) is 12.8 Å². The van der Waals surface area contributed by atoms with Gasteiger partial charge in [0.1, 0.15) is 6.10 Å². The van der Waals surface area contributed by atoms with E-state index < -0.39 is 0 Å². The van der Waals surface area contributed by atoms with Gasteiger partial charge in [-0.25, -0.2) is 0 Å². The Morgan fingerprint density at radius 2 is 2.27 bits per heavy atom. The molecule has 3 N–H and O–H groups in total. The number of rotatable bonds is 4. The second kappa shape index (κ2) is 7.06. The van der Waals surface area contributed by atoms with E-state index in [0.29, 0.717) is 11.6 Å². The van der Waals surface area contributed by atoms with Crippen molar-refractivity contribution in [3.8, 4) is 0 Å². The lowest BCUT2D eigenvalue weighted by Crippen LogP contribution is -2.36. The summed E-state index contributed by atoms with van der Waals surface area (Å²) in [6.45, 7) is 4.22. The Labute approximate surface area is 101 Å². The summed E-state index contributed by atoms with van der Waals surface area (Å²) >= 11 is 5.51. The first-order valence-corrected chi connectivity index (χ1v) is 4.97. The molecule has 0 saturated carbocycles. The SMILES string of the molecule is C=C(Cl)CNC(=O)[C@@H]1CC[C@H](CN)O1.Cl. The molecule has 6 heteroatoms. The topological polar surface area (TPSA) is 64.4 Å². The highest BCUT2D eigenvalue weighted by atomic mass is 35.5. The van der Waals surface area contributed by atoms with Crippen LogP contribution in [0.2, 0.25) is 0 Å². The van der Waals surface area contributed by atoms with Gasteiger partial charge in [-0.1, -0.05) is 18.2 Å². The van der Waals surface area contributed by atoms with Crippen molar-refractivity contribution in [2.24, 2.45) is 5.73 Å². The summed E-state index contributed by atoms with van der Waals surface area (Å²) in [6, 6.07) is 0. The number of halogens is 2. The number of carbonyl (C=O) groups excluding carboxylic acids is 1. The molecule has 0 aromatic heterocycles. The number of ether oxygens (including phenoxy) is 1. The predicted octanol–water partition coefficient (Wildman–Crippen LogP) is 0.783. The monoisotopic (exact) mass is 254 g/mol. The van der Waals surface area contributed by atoms with Crippen molar-refractivity contribution in [1.82, 2.24) is 5.32 Å². The average molecular weight is 255 g/mol. The molecule has 0 aromatic carbocycles. The van der Waals surface area contributed by atoms with Gasteiger partial charge in [-0.15, -0.1) is 12.4 Å². The highest BCUT2D eigenvalue weighted by Gasteiger charge is 2.29. The van der Waals surface area contributed by atoms with Gasteiger partial charge in [-0.05, 0) is 12.8 Å². The van der Waals surface area contributed by atoms with E-state index >= 15 is 0 Å². The fourth-order valence-corrected chi connectivity index (χ4v) is 1.44. The van der Waals surface area contributed by atoms with Crippen LogP contribution in [0.25, 0.3) is 0 Å². The molecule has 0 unspecified atom stereocenters. The van der Waals surface area contributed by atoms with Crippen LogP contribution in [0.4, 0.5) is 0 Å². The molecular weight excluding hydrogens is 239 g/mol. The summed E-state index contributed by atoms with van der Waals surface area (Å²) in [5.74, 6) is -0.136. The minimum absolute atomic E-state index is 0. The third-order valence-corrected chi connectivity index (χ3v) is 2.25. The molecular formula is C9H16Cl2N2O2. The Hall–Kier alpha value is -0.290. The van der Waals surface area contributed by atoms with Crippen LogP contribution in [0.5, 0.6) is 0 Å². The van der Waals surface area contributed by atoms with E-state index in [1.54, 1.807) is 0 Å². The molecule has 0 aliphatic carbocycles. The van der Waals surface area contributed by atoms with E-state index in [0.717, 1.165) is 12.8 Å². The molecule has 4 nitrogen and oxygen atoms in total. The summed E-state index contributed by atoms with van der Waals surface area (Å²) in [4.78, 5) is 11.4. The average Bonchev–Trinajstić information content (AvgIpc) is 2.62. The van der Waals surface area contributed by atoms with E-state index in [9.17, 15) is 4.79 Å². The Kier molecular flexibility index (Phi) is 6.92. The molecule has 2 atom stereocenters. The predicted molar refractivity (Wildman–Crippen MR) is 62.2 cm³/mol. The summed E-state index contributed by atoms with van der Waals surface area (Å²) in [5, 5.41) is 3.04. The summed E-state index contributed by atoms with van der Waals surface area (Å²) in [6.07, 6.45) is 1.21. The number of amides is 1. The van der Waals surface area contributed by atoms with Gasteiger partial charge in [0.05, 0.1) is 12.6 Å². The van der Waals surface area contributed by atoms with Crippen molar-refractivity contribution in [2.75, 3.05) is 13.1 Å². The minimum Gasteiger partial charge on any atom is -0.364 e. The molecule has 88 valence electrons. The standard InChI is InChI=1S/C9H15ClN2O2.ClH/c1-6(10)5-12-9(13)8-3-2-7(4-11)14-8;/h7-8H,1-5,11H2,(H,12,13);1H/t7-,8+;/m1./s1. The lowest BCUT2D eigenvalue weighted by molar-refractivity contribution is -0.131. The van der Waals surface area contributed by atoms with Crippen molar-refractivity contribution < 1.29 is 9.53 Å². The summed E-state index contributed by atoms with van der Waals surface area (Å²) in [5.41, 5.74) is 5.43. The van der Waals surface area contributed by atoms with Crippen LogP contribution in [0, 0.1) is 0 Å². The second-order valence-electron chi connectivity index (χ2n) is 3.29. The Balaban J connectivity index is 0.00000196. The van der Waals surface area contributed by atoms with E-state index in [4.69, 9.17) is 22.1 Å². The van der Waals surface area contributed by atoms with Crippen LogP contribution in [0.15, 0.2) is 11.6 Å². The maximum Gasteiger partial charge on any atom is 0.249 e. The molecule has 1 aliphatic rings. The molecule has 1 amide bonds. The third kappa shape index (κ3) is 4.84. The highest BCUT2D eigenvalue weighted by molar-refractivity contribution is 6.29. The van der Waals surface area contributed by atoms with Crippen LogP contribution >= 0.6 is 24.0 Å². The third-order valence-electron chi connectivity index (χ3n) is 2.12. The van der Waals surface area contributed by atoms with Gasteiger partial charge in [0, 0.05) is 11.6 Å². The van der Waals surface area contributed by atoms with E-state index in [1.165, 1.54) is 0 Å². The molecule has 1 fully saturated rings. The lowest BCUT2D eigenvalue weighted by atomic mass is 10.2. The Morgan fingerprint density at radius 1 is 1.60 bits per heavy atom.